The van der Waals surface area contributed by atoms with Crippen molar-refractivity contribution in [2.24, 2.45) is 0 Å². The summed E-state index contributed by atoms with van der Waals surface area (Å²) in [6.45, 7) is 0. The first-order valence-corrected chi connectivity index (χ1v) is 8.60. The summed E-state index contributed by atoms with van der Waals surface area (Å²) in [5.41, 5.74) is 3.27. The Morgan fingerprint density at radius 1 is 1.17 bits per heavy atom. The monoisotopic (exact) mass is 337 g/mol. The normalized spacial score (nSPS) is 12.8. The van der Waals surface area contributed by atoms with Gasteiger partial charge in [0.15, 0.2) is 0 Å². The number of rotatable bonds is 3. The minimum absolute atomic E-state index is 0.0824. The highest BCUT2D eigenvalue weighted by Crippen LogP contribution is 2.31. The van der Waals surface area contributed by atoms with Crippen molar-refractivity contribution in [1.29, 1.82) is 0 Å². The zero-order valence-electron chi connectivity index (χ0n) is 12.8. The van der Waals surface area contributed by atoms with Gasteiger partial charge in [-0.25, -0.2) is 5.10 Å². The topological polar surface area (TPSA) is 74.8 Å². The molecule has 1 aliphatic rings. The maximum atomic E-state index is 12.4. The molecule has 3 aromatic rings. The lowest BCUT2D eigenvalue weighted by Crippen LogP contribution is -2.10. The number of nitrogens with one attached hydrogen (secondary N) is 2. The molecule has 4 rings (SSSR count). The van der Waals surface area contributed by atoms with Crippen LogP contribution in [0.15, 0.2) is 47.3 Å². The van der Waals surface area contributed by atoms with E-state index in [0.29, 0.717) is 11.4 Å². The number of H-pyrrole nitrogens is 1. The quantitative estimate of drug-likeness (QED) is 0.770. The minimum atomic E-state index is -0.242. The zero-order valence-corrected chi connectivity index (χ0v) is 13.7. The second kappa shape index (κ2) is 6.05. The first-order valence-electron chi connectivity index (χ1n) is 7.78. The highest BCUT2D eigenvalue weighted by atomic mass is 32.1. The standard InChI is InChI=1S/C18H15N3O2S/c22-17-8-7-14(20-21-17)11-3-1-5-13(9-11)19-18(23)16-10-12-4-2-6-15(12)24-16/h1,3,5,7-10H,2,4,6H2,(H,19,23)(H,21,22). The van der Waals surface area contributed by atoms with Crippen LogP contribution in [0.3, 0.4) is 0 Å². The number of aromatic nitrogens is 2. The van der Waals surface area contributed by atoms with Gasteiger partial charge in [-0.2, -0.15) is 5.10 Å². The van der Waals surface area contributed by atoms with E-state index in [2.05, 4.69) is 15.5 Å². The van der Waals surface area contributed by atoms with Gasteiger partial charge in [-0.05, 0) is 49.1 Å². The first kappa shape index (κ1) is 14.8. The second-order valence-electron chi connectivity index (χ2n) is 5.75. The fraction of sp³-hybridized carbons (Fsp3) is 0.167. The van der Waals surface area contributed by atoms with Crippen LogP contribution in [0.2, 0.25) is 0 Å². The molecular formula is C18H15N3O2S. The smallest absolute Gasteiger partial charge is 0.265 e. The number of amides is 1. The molecule has 0 bridgehead atoms. The van der Waals surface area contributed by atoms with E-state index in [1.54, 1.807) is 17.4 Å². The summed E-state index contributed by atoms with van der Waals surface area (Å²) in [7, 11) is 0. The van der Waals surface area contributed by atoms with Crippen molar-refractivity contribution in [3.8, 4) is 11.3 Å². The summed E-state index contributed by atoms with van der Waals surface area (Å²) < 4.78 is 0. The molecule has 2 heterocycles. The SMILES string of the molecule is O=C(Nc1cccc(-c2ccc(=O)[nH]n2)c1)c1cc2c(s1)CCC2. The van der Waals surface area contributed by atoms with Crippen LogP contribution in [0.25, 0.3) is 11.3 Å². The number of carbonyl (C=O) groups excluding carboxylic acids is 1. The number of thiophene rings is 1. The highest BCUT2D eigenvalue weighted by Gasteiger charge is 2.18. The maximum absolute atomic E-state index is 12.4. The van der Waals surface area contributed by atoms with E-state index < -0.39 is 0 Å². The van der Waals surface area contributed by atoms with Gasteiger partial charge in [-0.3, -0.25) is 9.59 Å². The Kier molecular flexibility index (Phi) is 3.74. The lowest BCUT2D eigenvalue weighted by molar-refractivity contribution is 0.103. The Bertz CT molecular complexity index is 932. The molecule has 5 nitrogen and oxygen atoms in total. The fourth-order valence-electron chi connectivity index (χ4n) is 2.90. The second-order valence-corrected chi connectivity index (χ2v) is 6.89. The molecule has 2 aromatic heterocycles. The summed E-state index contributed by atoms with van der Waals surface area (Å²) in [4.78, 5) is 25.7. The van der Waals surface area contributed by atoms with E-state index in [-0.39, 0.29) is 11.5 Å². The summed E-state index contributed by atoms with van der Waals surface area (Å²) in [6.07, 6.45) is 3.35. The van der Waals surface area contributed by atoms with Gasteiger partial charge in [0.25, 0.3) is 11.5 Å². The molecule has 6 heteroatoms. The molecule has 0 radical (unpaired) electrons. The number of carbonyl (C=O) groups is 1. The number of aromatic amines is 1. The third kappa shape index (κ3) is 2.88. The van der Waals surface area contributed by atoms with Crippen molar-refractivity contribution < 1.29 is 4.79 Å². The van der Waals surface area contributed by atoms with E-state index in [4.69, 9.17) is 0 Å². The maximum Gasteiger partial charge on any atom is 0.265 e. The van der Waals surface area contributed by atoms with Crippen molar-refractivity contribution in [3.05, 3.63) is 68.1 Å². The van der Waals surface area contributed by atoms with Crippen molar-refractivity contribution in [2.45, 2.75) is 19.3 Å². The van der Waals surface area contributed by atoms with Crippen molar-refractivity contribution in [1.82, 2.24) is 10.2 Å². The summed E-state index contributed by atoms with van der Waals surface area (Å²) in [6, 6.07) is 12.5. The Morgan fingerprint density at radius 3 is 2.88 bits per heavy atom. The van der Waals surface area contributed by atoms with Crippen LogP contribution in [-0.4, -0.2) is 16.1 Å². The van der Waals surface area contributed by atoms with E-state index in [0.717, 1.165) is 23.3 Å². The van der Waals surface area contributed by atoms with E-state index in [1.807, 2.05) is 30.3 Å². The van der Waals surface area contributed by atoms with Gasteiger partial charge in [0, 0.05) is 22.2 Å². The van der Waals surface area contributed by atoms with Crippen LogP contribution in [0.1, 0.15) is 26.5 Å². The fourth-order valence-corrected chi connectivity index (χ4v) is 4.04. The Hall–Kier alpha value is -2.73. The Balaban J connectivity index is 1.56. The molecule has 1 aliphatic carbocycles. The molecule has 0 fully saturated rings. The van der Waals surface area contributed by atoms with Crippen molar-refractivity contribution in [3.63, 3.8) is 0 Å². The molecule has 0 atom stereocenters. The van der Waals surface area contributed by atoms with E-state index in [1.165, 1.54) is 22.9 Å². The van der Waals surface area contributed by atoms with Crippen LogP contribution in [-0.2, 0) is 12.8 Å². The summed E-state index contributed by atoms with van der Waals surface area (Å²) in [5.74, 6) is -0.0824. The average Bonchev–Trinajstić information content (AvgIpc) is 3.17. The number of fused-ring (bicyclic) bond motifs is 1. The molecule has 24 heavy (non-hydrogen) atoms. The van der Waals surface area contributed by atoms with Crippen LogP contribution in [0.4, 0.5) is 5.69 Å². The van der Waals surface area contributed by atoms with Crippen LogP contribution < -0.4 is 10.9 Å². The molecule has 0 saturated carbocycles. The Labute approximate surface area is 142 Å². The predicted octanol–water partition coefficient (Wildman–Crippen LogP) is 3.24. The number of benzene rings is 1. The van der Waals surface area contributed by atoms with Gasteiger partial charge in [-0.15, -0.1) is 11.3 Å². The third-order valence-corrected chi connectivity index (χ3v) is 5.30. The van der Waals surface area contributed by atoms with Crippen molar-refractivity contribution >= 4 is 22.9 Å². The lowest BCUT2D eigenvalue weighted by Gasteiger charge is -2.06. The number of aryl methyl sites for hydroxylation is 2. The summed E-state index contributed by atoms with van der Waals surface area (Å²) in [5, 5.41) is 9.37. The predicted molar refractivity (Wildman–Crippen MR) is 94.6 cm³/mol. The van der Waals surface area contributed by atoms with Gasteiger partial charge < -0.3 is 5.32 Å². The number of nitrogens with zero attached hydrogens (tertiary/aromatic N) is 1. The number of hydrogen-bond acceptors (Lipinski definition) is 4. The van der Waals surface area contributed by atoms with Gasteiger partial charge in [-0.1, -0.05) is 12.1 Å². The van der Waals surface area contributed by atoms with Gasteiger partial charge in [0.05, 0.1) is 10.6 Å². The Morgan fingerprint density at radius 2 is 2.08 bits per heavy atom. The molecule has 0 aliphatic heterocycles. The highest BCUT2D eigenvalue weighted by molar-refractivity contribution is 7.14. The van der Waals surface area contributed by atoms with E-state index >= 15 is 0 Å². The largest absolute Gasteiger partial charge is 0.321 e. The molecule has 0 spiro atoms. The molecule has 1 amide bonds. The zero-order chi connectivity index (χ0) is 16.5. The molecule has 0 unspecified atom stereocenters. The van der Waals surface area contributed by atoms with Crippen LogP contribution in [0, 0.1) is 0 Å². The van der Waals surface area contributed by atoms with Crippen molar-refractivity contribution in [2.75, 3.05) is 5.32 Å². The summed E-state index contributed by atoms with van der Waals surface area (Å²) >= 11 is 1.59. The van der Waals surface area contributed by atoms with Gasteiger partial charge >= 0.3 is 0 Å². The average molecular weight is 337 g/mol. The van der Waals surface area contributed by atoms with Crippen LogP contribution in [0.5, 0.6) is 0 Å². The molecular weight excluding hydrogens is 322 g/mol. The number of hydrogen-bond donors (Lipinski definition) is 2. The minimum Gasteiger partial charge on any atom is -0.321 e. The first-order chi connectivity index (χ1) is 11.7. The molecule has 120 valence electrons. The third-order valence-electron chi connectivity index (χ3n) is 4.07. The van der Waals surface area contributed by atoms with Crippen LogP contribution >= 0.6 is 11.3 Å². The molecule has 2 N–H and O–H groups in total. The lowest BCUT2D eigenvalue weighted by atomic mass is 10.1. The molecule has 0 saturated heterocycles. The number of anilines is 1. The van der Waals surface area contributed by atoms with Gasteiger partial charge in [0.2, 0.25) is 0 Å². The van der Waals surface area contributed by atoms with Gasteiger partial charge in [0.1, 0.15) is 0 Å². The van der Waals surface area contributed by atoms with E-state index in [9.17, 15) is 9.59 Å². The molecule has 1 aromatic carbocycles.